The van der Waals surface area contributed by atoms with E-state index in [0.717, 1.165) is 25.8 Å². The zero-order chi connectivity index (χ0) is 17.3. The molecule has 2 heteroatoms. The van der Waals surface area contributed by atoms with Crippen LogP contribution < -0.4 is 5.32 Å². The van der Waals surface area contributed by atoms with Gasteiger partial charge in [-0.15, -0.1) is 0 Å². The highest BCUT2D eigenvalue weighted by molar-refractivity contribution is 5.75. The molecule has 0 aliphatic heterocycles. The smallest absolute Gasteiger partial charge is 0.220 e. The van der Waals surface area contributed by atoms with E-state index in [4.69, 9.17) is 0 Å². The number of rotatable bonds is 15. The van der Waals surface area contributed by atoms with Crippen molar-refractivity contribution in [2.45, 2.75) is 116 Å². The lowest BCUT2D eigenvalue weighted by Crippen LogP contribution is -2.24. The Morgan fingerprint density at radius 2 is 1.54 bits per heavy atom. The summed E-state index contributed by atoms with van der Waals surface area (Å²) in [5.74, 6) is 0.252. The summed E-state index contributed by atoms with van der Waals surface area (Å²) in [6, 6.07) is 0. The molecule has 0 fully saturated rings. The maximum Gasteiger partial charge on any atom is 0.220 e. The monoisotopic (exact) mass is 335 g/mol. The van der Waals surface area contributed by atoms with Crippen molar-refractivity contribution in [2.75, 3.05) is 6.54 Å². The molecule has 1 N–H and O–H groups in total. The molecule has 0 aromatic rings. The van der Waals surface area contributed by atoms with Gasteiger partial charge >= 0.3 is 0 Å². The van der Waals surface area contributed by atoms with Crippen LogP contribution in [0.2, 0.25) is 0 Å². The highest BCUT2D eigenvalue weighted by Crippen LogP contribution is 2.19. The first-order valence-corrected chi connectivity index (χ1v) is 10.8. The number of allylic oxidation sites excluding steroid dienone is 1. The van der Waals surface area contributed by atoms with Gasteiger partial charge in [-0.2, -0.15) is 0 Å². The summed E-state index contributed by atoms with van der Waals surface area (Å²) in [6.45, 7) is 3.11. The summed E-state index contributed by atoms with van der Waals surface area (Å²) in [6.07, 6.45) is 24.0. The topological polar surface area (TPSA) is 29.1 Å². The molecule has 0 spiro atoms. The highest BCUT2D eigenvalue weighted by Gasteiger charge is 2.05. The average Bonchev–Trinajstić information content (AvgIpc) is 2.60. The molecule has 1 rings (SSSR count). The van der Waals surface area contributed by atoms with E-state index in [-0.39, 0.29) is 5.91 Å². The Balaban J connectivity index is 1.80. The van der Waals surface area contributed by atoms with Crippen LogP contribution in [0.5, 0.6) is 0 Å². The maximum absolute atomic E-state index is 11.8. The molecule has 0 saturated heterocycles. The van der Waals surface area contributed by atoms with Gasteiger partial charge in [-0.1, -0.05) is 82.8 Å². The fourth-order valence-corrected chi connectivity index (χ4v) is 3.53. The second kappa shape index (κ2) is 15.7. The summed E-state index contributed by atoms with van der Waals surface area (Å²) < 4.78 is 0. The standard InChI is InChI=1S/C22H41NO/c1-2-3-4-5-6-7-8-9-10-11-15-18-22(24)23-20-19-21-16-13-12-14-17-21/h16H,2-15,17-20H2,1H3,(H,23,24). The third kappa shape index (κ3) is 12.6. The first-order valence-electron chi connectivity index (χ1n) is 10.8. The van der Waals surface area contributed by atoms with Crippen LogP contribution in [0.3, 0.4) is 0 Å². The van der Waals surface area contributed by atoms with Crippen LogP contribution in [0.15, 0.2) is 11.6 Å². The van der Waals surface area contributed by atoms with Gasteiger partial charge in [0.2, 0.25) is 5.91 Å². The Morgan fingerprint density at radius 3 is 2.12 bits per heavy atom. The SMILES string of the molecule is CCCCCCCCCCCCCC(=O)NCCC1=CCCCC1. The van der Waals surface area contributed by atoms with Crippen LogP contribution in [0.25, 0.3) is 0 Å². The number of carbonyl (C=O) groups is 1. The number of unbranched alkanes of at least 4 members (excludes halogenated alkanes) is 10. The summed E-state index contributed by atoms with van der Waals surface area (Å²) in [4.78, 5) is 11.8. The molecular weight excluding hydrogens is 294 g/mol. The lowest BCUT2D eigenvalue weighted by atomic mass is 9.97. The van der Waals surface area contributed by atoms with Crippen LogP contribution in [-0.2, 0) is 4.79 Å². The van der Waals surface area contributed by atoms with Gasteiger partial charge in [0.05, 0.1) is 0 Å². The van der Waals surface area contributed by atoms with Gasteiger partial charge in [0.15, 0.2) is 0 Å². The molecule has 0 aromatic carbocycles. The molecule has 0 heterocycles. The number of nitrogens with one attached hydrogen (secondary N) is 1. The fraction of sp³-hybridized carbons (Fsp3) is 0.864. The molecule has 0 bridgehead atoms. The second-order valence-electron chi connectivity index (χ2n) is 7.49. The Hall–Kier alpha value is -0.790. The number of hydrogen-bond acceptors (Lipinski definition) is 1. The van der Waals surface area contributed by atoms with E-state index in [2.05, 4.69) is 18.3 Å². The largest absolute Gasteiger partial charge is 0.356 e. The molecule has 1 amide bonds. The van der Waals surface area contributed by atoms with Crippen LogP contribution in [0.4, 0.5) is 0 Å². The normalized spacial score (nSPS) is 14.5. The van der Waals surface area contributed by atoms with E-state index in [1.54, 1.807) is 5.57 Å². The van der Waals surface area contributed by atoms with Crippen molar-refractivity contribution < 1.29 is 4.79 Å². The van der Waals surface area contributed by atoms with E-state index in [0.29, 0.717) is 0 Å². The minimum Gasteiger partial charge on any atom is -0.356 e. The van der Waals surface area contributed by atoms with Gasteiger partial charge in [0.25, 0.3) is 0 Å². The van der Waals surface area contributed by atoms with Crippen molar-refractivity contribution in [3.63, 3.8) is 0 Å². The van der Waals surface area contributed by atoms with E-state index < -0.39 is 0 Å². The molecule has 0 atom stereocenters. The Morgan fingerprint density at radius 1 is 0.917 bits per heavy atom. The van der Waals surface area contributed by atoms with Gasteiger partial charge < -0.3 is 5.32 Å². The molecular formula is C22H41NO. The quantitative estimate of drug-likeness (QED) is 0.262. The summed E-state index contributed by atoms with van der Waals surface area (Å²) in [5.41, 5.74) is 1.55. The first kappa shape index (κ1) is 21.3. The van der Waals surface area contributed by atoms with Crippen molar-refractivity contribution in [3.8, 4) is 0 Å². The van der Waals surface area contributed by atoms with Gasteiger partial charge in [0, 0.05) is 13.0 Å². The van der Waals surface area contributed by atoms with Crippen molar-refractivity contribution >= 4 is 5.91 Å². The fourth-order valence-electron chi connectivity index (χ4n) is 3.53. The molecule has 0 unspecified atom stereocenters. The van der Waals surface area contributed by atoms with Crippen LogP contribution >= 0.6 is 0 Å². The molecule has 1 aliphatic rings. The third-order valence-corrected chi connectivity index (χ3v) is 5.16. The van der Waals surface area contributed by atoms with Gasteiger partial charge in [0.1, 0.15) is 0 Å². The van der Waals surface area contributed by atoms with E-state index in [1.165, 1.54) is 89.9 Å². The molecule has 2 nitrogen and oxygen atoms in total. The molecule has 24 heavy (non-hydrogen) atoms. The highest BCUT2D eigenvalue weighted by atomic mass is 16.1. The second-order valence-corrected chi connectivity index (χ2v) is 7.49. The number of amides is 1. The van der Waals surface area contributed by atoms with Crippen molar-refractivity contribution in [3.05, 3.63) is 11.6 Å². The molecule has 0 saturated carbocycles. The van der Waals surface area contributed by atoms with Crippen molar-refractivity contribution in [2.24, 2.45) is 0 Å². The maximum atomic E-state index is 11.8. The van der Waals surface area contributed by atoms with Crippen molar-refractivity contribution in [1.29, 1.82) is 0 Å². The number of carbonyl (C=O) groups excluding carboxylic acids is 1. The molecule has 1 aliphatic carbocycles. The minimum absolute atomic E-state index is 0.252. The third-order valence-electron chi connectivity index (χ3n) is 5.16. The Kier molecular flexibility index (Phi) is 13.9. The van der Waals surface area contributed by atoms with Gasteiger partial charge in [-0.3, -0.25) is 4.79 Å². The van der Waals surface area contributed by atoms with Crippen LogP contribution in [-0.4, -0.2) is 12.5 Å². The van der Waals surface area contributed by atoms with Crippen LogP contribution in [0, 0.1) is 0 Å². The van der Waals surface area contributed by atoms with E-state index in [9.17, 15) is 4.79 Å². The minimum atomic E-state index is 0.252. The lowest BCUT2D eigenvalue weighted by molar-refractivity contribution is -0.121. The predicted molar refractivity (Wildman–Crippen MR) is 105 cm³/mol. The van der Waals surface area contributed by atoms with E-state index in [1.807, 2.05) is 0 Å². The molecule has 140 valence electrons. The lowest BCUT2D eigenvalue weighted by Gasteiger charge is -2.12. The zero-order valence-electron chi connectivity index (χ0n) is 16.2. The Bertz CT molecular complexity index is 335. The van der Waals surface area contributed by atoms with Crippen LogP contribution in [0.1, 0.15) is 116 Å². The number of hydrogen-bond donors (Lipinski definition) is 1. The summed E-state index contributed by atoms with van der Waals surface area (Å²) in [5, 5.41) is 3.09. The predicted octanol–water partition coefficient (Wildman–Crippen LogP) is 6.69. The van der Waals surface area contributed by atoms with E-state index >= 15 is 0 Å². The summed E-state index contributed by atoms with van der Waals surface area (Å²) in [7, 11) is 0. The van der Waals surface area contributed by atoms with Crippen molar-refractivity contribution in [1.82, 2.24) is 5.32 Å². The zero-order valence-corrected chi connectivity index (χ0v) is 16.2. The molecule has 0 aromatic heterocycles. The average molecular weight is 336 g/mol. The Labute approximate surface area is 150 Å². The van der Waals surface area contributed by atoms with Gasteiger partial charge in [-0.05, 0) is 38.5 Å². The molecule has 0 radical (unpaired) electrons. The van der Waals surface area contributed by atoms with Gasteiger partial charge in [-0.25, -0.2) is 0 Å². The summed E-state index contributed by atoms with van der Waals surface area (Å²) >= 11 is 0. The first-order chi connectivity index (χ1) is 11.8.